The first-order valence-electron chi connectivity index (χ1n) is 7.82. The number of nitrogens with zero attached hydrogens (tertiary/aromatic N) is 4. The lowest BCUT2D eigenvalue weighted by molar-refractivity contribution is -0.137. The van der Waals surface area contributed by atoms with Crippen molar-refractivity contribution in [1.82, 2.24) is 9.88 Å². The van der Waals surface area contributed by atoms with E-state index in [0.29, 0.717) is 11.3 Å². The molecule has 1 aromatic carbocycles. The minimum Gasteiger partial charge on any atom is -0.377 e. The molecule has 2 heterocycles. The van der Waals surface area contributed by atoms with E-state index < -0.39 is 17.9 Å². The third kappa shape index (κ3) is 2.94. The van der Waals surface area contributed by atoms with E-state index in [1.807, 2.05) is 0 Å². The first-order valence-corrected chi connectivity index (χ1v) is 7.82. The van der Waals surface area contributed by atoms with Gasteiger partial charge in [0.2, 0.25) is 0 Å². The molecule has 3 rings (SSSR count). The van der Waals surface area contributed by atoms with Gasteiger partial charge >= 0.3 is 6.18 Å². The third-order valence-corrected chi connectivity index (χ3v) is 4.31. The molecule has 2 aromatic rings. The first-order chi connectivity index (χ1) is 12.1. The molecule has 6 nitrogen and oxygen atoms in total. The molecule has 4 N–H and O–H groups in total. The maximum atomic E-state index is 13.6. The van der Waals surface area contributed by atoms with Gasteiger partial charge in [0, 0.05) is 38.0 Å². The Labute approximate surface area is 148 Å². The average molecular weight is 364 g/mol. The summed E-state index contributed by atoms with van der Waals surface area (Å²) in [7, 11) is 5.04. The van der Waals surface area contributed by atoms with Crippen LogP contribution in [0.5, 0.6) is 0 Å². The molecule has 0 spiro atoms. The standard InChI is InChI=1S/C17H19F3N6/c1-25(2)12-6-4-5-10(17(18,19)20)13(12)11-8-7-9-14(21)26(3)16(22)24-15(9)23-11/h4-8,14H,21H2,1-3H3,(H2,22,23,24). The number of benzene rings is 1. The van der Waals surface area contributed by atoms with E-state index in [9.17, 15) is 13.2 Å². The van der Waals surface area contributed by atoms with Crippen molar-refractivity contribution in [3.8, 4) is 11.3 Å². The number of guanidine groups is 1. The second-order valence-electron chi connectivity index (χ2n) is 6.23. The summed E-state index contributed by atoms with van der Waals surface area (Å²) in [5.41, 5.74) is 12.3. The molecule has 0 fully saturated rings. The van der Waals surface area contributed by atoms with E-state index in [4.69, 9.17) is 11.5 Å². The summed E-state index contributed by atoms with van der Waals surface area (Å²) in [5.74, 6) is 0.388. The number of pyridine rings is 1. The van der Waals surface area contributed by atoms with Crippen molar-refractivity contribution >= 4 is 17.5 Å². The number of alkyl halides is 3. The predicted octanol–water partition coefficient (Wildman–Crippen LogP) is 2.68. The van der Waals surface area contributed by atoms with Crippen LogP contribution in [0.1, 0.15) is 17.3 Å². The van der Waals surface area contributed by atoms with Crippen molar-refractivity contribution in [2.45, 2.75) is 12.3 Å². The van der Waals surface area contributed by atoms with Crippen LogP contribution >= 0.6 is 0 Å². The van der Waals surface area contributed by atoms with Gasteiger partial charge in [0.05, 0.1) is 11.3 Å². The van der Waals surface area contributed by atoms with Gasteiger partial charge in [0.15, 0.2) is 11.8 Å². The van der Waals surface area contributed by atoms with Gasteiger partial charge in [-0.1, -0.05) is 6.07 Å². The molecule has 0 aliphatic carbocycles. The summed E-state index contributed by atoms with van der Waals surface area (Å²) in [6, 6.07) is 7.20. The minimum absolute atomic E-state index is 0.00549. The Morgan fingerprint density at radius 3 is 2.46 bits per heavy atom. The van der Waals surface area contributed by atoms with Crippen molar-refractivity contribution in [2.24, 2.45) is 16.5 Å². The number of halogens is 3. The van der Waals surface area contributed by atoms with Crippen molar-refractivity contribution in [3.05, 3.63) is 41.5 Å². The van der Waals surface area contributed by atoms with Crippen LogP contribution in [-0.2, 0) is 6.18 Å². The Morgan fingerprint density at radius 2 is 1.85 bits per heavy atom. The molecule has 0 amide bonds. The van der Waals surface area contributed by atoms with Crippen LogP contribution < -0.4 is 16.4 Å². The normalized spacial score (nSPS) is 17.0. The molecule has 0 bridgehead atoms. The summed E-state index contributed by atoms with van der Waals surface area (Å²) in [5, 5.41) is 0. The third-order valence-electron chi connectivity index (χ3n) is 4.31. The van der Waals surface area contributed by atoms with Crippen LogP contribution in [0.15, 0.2) is 35.3 Å². The van der Waals surface area contributed by atoms with Crippen molar-refractivity contribution in [1.29, 1.82) is 0 Å². The molecule has 0 radical (unpaired) electrons. The smallest absolute Gasteiger partial charge is 0.377 e. The highest BCUT2D eigenvalue weighted by atomic mass is 19.4. The highest BCUT2D eigenvalue weighted by molar-refractivity contribution is 5.85. The highest BCUT2D eigenvalue weighted by Gasteiger charge is 2.36. The van der Waals surface area contributed by atoms with Gasteiger partial charge in [0.25, 0.3) is 0 Å². The molecule has 1 aliphatic rings. The Hall–Kier alpha value is -2.81. The zero-order chi connectivity index (χ0) is 19.2. The van der Waals surface area contributed by atoms with Crippen molar-refractivity contribution < 1.29 is 13.2 Å². The van der Waals surface area contributed by atoms with Crippen LogP contribution in [0.3, 0.4) is 0 Å². The fraction of sp³-hybridized carbons (Fsp3) is 0.294. The highest BCUT2D eigenvalue weighted by Crippen LogP contribution is 2.42. The van der Waals surface area contributed by atoms with Gasteiger partial charge in [0.1, 0.15) is 6.17 Å². The topological polar surface area (TPSA) is 83.8 Å². The Kier molecular flexibility index (Phi) is 4.27. The number of aromatic nitrogens is 1. The van der Waals surface area contributed by atoms with Gasteiger partial charge in [-0.3, -0.25) is 0 Å². The van der Waals surface area contributed by atoms with Crippen LogP contribution in [0.25, 0.3) is 11.3 Å². The fourth-order valence-corrected chi connectivity index (χ4v) is 2.88. The lowest BCUT2D eigenvalue weighted by Crippen LogP contribution is -2.43. The molecule has 0 saturated carbocycles. The second kappa shape index (κ2) is 6.17. The number of fused-ring (bicyclic) bond motifs is 1. The molecule has 1 unspecified atom stereocenters. The van der Waals surface area contributed by atoms with E-state index in [1.165, 1.54) is 12.1 Å². The maximum Gasteiger partial charge on any atom is 0.417 e. The quantitative estimate of drug-likeness (QED) is 0.856. The Morgan fingerprint density at radius 1 is 1.15 bits per heavy atom. The van der Waals surface area contributed by atoms with Gasteiger partial charge in [-0.25, -0.2) is 4.98 Å². The largest absolute Gasteiger partial charge is 0.417 e. The number of anilines is 1. The van der Waals surface area contributed by atoms with Crippen LogP contribution in [0, 0.1) is 0 Å². The van der Waals surface area contributed by atoms with Crippen molar-refractivity contribution in [2.75, 3.05) is 26.0 Å². The maximum absolute atomic E-state index is 13.6. The van der Waals surface area contributed by atoms with E-state index in [0.717, 1.165) is 6.07 Å². The summed E-state index contributed by atoms with van der Waals surface area (Å²) < 4.78 is 40.7. The molecule has 1 atom stereocenters. The van der Waals surface area contributed by atoms with Crippen LogP contribution in [-0.4, -0.2) is 37.0 Å². The molecular weight excluding hydrogens is 345 g/mol. The fourth-order valence-electron chi connectivity index (χ4n) is 2.88. The van der Waals surface area contributed by atoms with Crippen LogP contribution in [0.4, 0.5) is 24.7 Å². The average Bonchev–Trinajstić information content (AvgIpc) is 2.57. The monoisotopic (exact) mass is 364 g/mol. The lowest BCUT2D eigenvalue weighted by Gasteiger charge is -2.30. The van der Waals surface area contributed by atoms with E-state index in [1.54, 1.807) is 43.1 Å². The molecule has 138 valence electrons. The number of aliphatic imine (C=N–C) groups is 1. The molecule has 1 aromatic heterocycles. The SMILES string of the molecule is CN(C)c1cccc(C(F)(F)F)c1-c1ccc2c(n1)N=C(N)N(C)C2N. The number of hydrogen-bond acceptors (Lipinski definition) is 6. The second-order valence-corrected chi connectivity index (χ2v) is 6.23. The molecule has 9 heteroatoms. The number of hydrogen-bond donors (Lipinski definition) is 2. The summed E-state index contributed by atoms with van der Waals surface area (Å²) in [4.78, 5) is 11.7. The molecule has 1 aliphatic heterocycles. The summed E-state index contributed by atoms with van der Waals surface area (Å²) in [6.07, 6.45) is -5.08. The summed E-state index contributed by atoms with van der Waals surface area (Å²) >= 11 is 0. The Balaban J connectivity index is 2.25. The van der Waals surface area contributed by atoms with Crippen molar-refractivity contribution in [3.63, 3.8) is 0 Å². The molecule has 26 heavy (non-hydrogen) atoms. The summed E-state index contributed by atoms with van der Waals surface area (Å²) in [6.45, 7) is 0. The van der Waals surface area contributed by atoms with Gasteiger partial charge in [-0.05, 0) is 24.3 Å². The van der Waals surface area contributed by atoms with Gasteiger partial charge < -0.3 is 21.3 Å². The number of rotatable bonds is 2. The lowest BCUT2D eigenvalue weighted by atomic mass is 9.99. The minimum atomic E-state index is -4.52. The predicted molar refractivity (Wildman–Crippen MR) is 95.0 cm³/mol. The van der Waals surface area contributed by atoms with E-state index >= 15 is 0 Å². The number of nitrogens with two attached hydrogens (primary N) is 2. The Bertz CT molecular complexity index is 875. The van der Waals surface area contributed by atoms with Crippen LogP contribution in [0.2, 0.25) is 0 Å². The molecule has 0 saturated heterocycles. The molecular formula is C17H19F3N6. The first kappa shape index (κ1) is 18.0. The van der Waals surface area contributed by atoms with Gasteiger partial charge in [-0.15, -0.1) is 0 Å². The van der Waals surface area contributed by atoms with E-state index in [2.05, 4.69) is 9.98 Å². The zero-order valence-electron chi connectivity index (χ0n) is 14.5. The van der Waals surface area contributed by atoms with E-state index in [-0.39, 0.29) is 23.0 Å². The van der Waals surface area contributed by atoms with Gasteiger partial charge in [-0.2, -0.15) is 18.2 Å². The zero-order valence-corrected chi connectivity index (χ0v) is 14.5.